The maximum atomic E-state index is 13.0. The highest BCUT2D eigenvalue weighted by Crippen LogP contribution is 2.31. The number of carbonyl (C=O) groups is 1. The van der Waals surface area contributed by atoms with Crippen LogP contribution in [-0.2, 0) is 14.8 Å². The van der Waals surface area contributed by atoms with Crippen LogP contribution in [0.25, 0.3) is 22.2 Å². The molecule has 0 spiro atoms. The minimum atomic E-state index is -3.68. The molecule has 1 aliphatic rings. The van der Waals surface area contributed by atoms with Gasteiger partial charge in [0.05, 0.1) is 10.6 Å². The molecule has 3 aromatic rings. The number of halogens is 2. The van der Waals surface area contributed by atoms with Gasteiger partial charge in [-0.1, -0.05) is 25.0 Å². The molecule has 0 radical (unpaired) electrons. The number of hydrogen-bond acceptors (Lipinski definition) is 5. The van der Waals surface area contributed by atoms with Gasteiger partial charge < -0.3 is 15.8 Å². The molecule has 1 aliphatic carbocycles. The third-order valence-electron chi connectivity index (χ3n) is 5.48. The van der Waals surface area contributed by atoms with Gasteiger partial charge in [0, 0.05) is 23.7 Å². The second kappa shape index (κ2) is 9.72. The summed E-state index contributed by atoms with van der Waals surface area (Å²) in [6, 6.07) is 9.41. The summed E-state index contributed by atoms with van der Waals surface area (Å²) < 4.78 is 53.8. The first-order chi connectivity index (χ1) is 15.2. The van der Waals surface area contributed by atoms with E-state index in [-0.39, 0.29) is 23.6 Å². The van der Waals surface area contributed by atoms with Crippen LogP contribution in [0.3, 0.4) is 0 Å². The lowest BCUT2D eigenvalue weighted by atomic mass is 10.0. The maximum absolute atomic E-state index is 13.0. The number of nitrogens with one attached hydrogen (secondary N) is 2. The van der Waals surface area contributed by atoms with Crippen molar-refractivity contribution in [3.05, 3.63) is 48.3 Å². The third kappa shape index (κ3) is 5.29. The van der Waals surface area contributed by atoms with Gasteiger partial charge in [-0.05, 0) is 48.2 Å². The molecule has 8 nitrogen and oxygen atoms in total. The predicted molar refractivity (Wildman–Crippen MR) is 116 cm³/mol. The molecule has 172 valence electrons. The Morgan fingerprint density at radius 1 is 1.22 bits per heavy atom. The summed E-state index contributed by atoms with van der Waals surface area (Å²) in [6.45, 7) is -0.0399. The molecular weight excluding hydrogens is 442 g/mol. The molecule has 0 bridgehead atoms. The highest BCUT2D eigenvalue weighted by molar-refractivity contribution is 7.89. The lowest BCUT2D eigenvalue weighted by Crippen LogP contribution is -2.47. The van der Waals surface area contributed by atoms with Gasteiger partial charge in [0.2, 0.25) is 10.0 Å². The van der Waals surface area contributed by atoms with Crippen LogP contribution in [0.1, 0.15) is 37.8 Å². The molecule has 2 aromatic heterocycles. The average molecular weight is 467 g/mol. The highest BCUT2D eigenvalue weighted by Gasteiger charge is 2.31. The number of aromatic amines is 1. The van der Waals surface area contributed by atoms with Gasteiger partial charge in [-0.25, -0.2) is 26.9 Å². The van der Waals surface area contributed by atoms with Gasteiger partial charge in [0.1, 0.15) is 5.65 Å². The number of nitrogens with two attached hydrogens (primary N) is 1. The summed E-state index contributed by atoms with van der Waals surface area (Å²) in [5.41, 5.74) is 7.32. The second-order valence-corrected chi connectivity index (χ2v) is 9.44. The van der Waals surface area contributed by atoms with Crippen LogP contribution in [0, 0.1) is 0 Å². The zero-order valence-corrected chi connectivity index (χ0v) is 17.9. The van der Waals surface area contributed by atoms with Crippen LogP contribution >= 0.6 is 0 Å². The minimum Gasteiger partial charge on any atom is -0.483 e. The Labute approximate surface area is 183 Å². The SMILES string of the molecule is NC1(CNS(=O)(=O)c2ccc(-c3ccnc4[nH]c(C(F)F)cc34)cc2)CCCC1.O=CO. The van der Waals surface area contributed by atoms with E-state index < -0.39 is 22.0 Å². The van der Waals surface area contributed by atoms with E-state index in [0.29, 0.717) is 22.2 Å². The number of sulfonamides is 1. The van der Waals surface area contributed by atoms with Crippen LogP contribution < -0.4 is 10.5 Å². The number of pyridine rings is 1. The van der Waals surface area contributed by atoms with E-state index in [4.69, 9.17) is 15.6 Å². The van der Waals surface area contributed by atoms with Crippen LogP contribution in [0.2, 0.25) is 0 Å². The van der Waals surface area contributed by atoms with Crippen LogP contribution in [0.4, 0.5) is 8.78 Å². The van der Waals surface area contributed by atoms with Crippen molar-refractivity contribution in [1.82, 2.24) is 14.7 Å². The first-order valence-corrected chi connectivity index (χ1v) is 11.4. The van der Waals surface area contributed by atoms with Crippen molar-refractivity contribution in [2.24, 2.45) is 5.73 Å². The second-order valence-electron chi connectivity index (χ2n) is 7.67. The van der Waals surface area contributed by atoms with Gasteiger partial charge in [0.15, 0.2) is 0 Å². The lowest BCUT2D eigenvalue weighted by Gasteiger charge is -2.23. The Hall–Kier alpha value is -2.89. The number of benzene rings is 1. The molecule has 1 fully saturated rings. The normalized spacial score (nSPS) is 15.5. The van der Waals surface area contributed by atoms with Crippen molar-refractivity contribution >= 4 is 27.5 Å². The maximum Gasteiger partial charge on any atom is 0.290 e. The van der Waals surface area contributed by atoms with Crippen molar-refractivity contribution in [3.8, 4) is 11.1 Å². The summed E-state index contributed by atoms with van der Waals surface area (Å²) >= 11 is 0. The van der Waals surface area contributed by atoms with Gasteiger partial charge in [0.25, 0.3) is 12.9 Å². The molecule has 0 atom stereocenters. The molecule has 0 saturated heterocycles. The molecule has 0 amide bonds. The average Bonchev–Trinajstić information content (AvgIpc) is 3.40. The molecule has 4 rings (SSSR count). The monoisotopic (exact) mass is 466 g/mol. The van der Waals surface area contributed by atoms with Crippen LogP contribution in [0.5, 0.6) is 0 Å². The predicted octanol–water partition coefficient (Wildman–Crippen LogP) is 3.42. The summed E-state index contributed by atoms with van der Waals surface area (Å²) in [7, 11) is -3.68. The first kappa shape index (κ1) is 23.8. The van der Waals surface area contributed by atoms with E-state index in [9.17, 15) is 17.2 Å². The van der Waals surface area contributed by atoms with E-state index in [2.05, 4.69) is 14.7 Å². The fourth-order valence-corrected chi connectivity index (χ4v) is 4.95. The third-order valence-corrected chi connectivity index (χ3v) is 6.89. The van der Waals surface area contributed by atoms with Crippen molar-refractivity contribution in [3.63, 3.8) is 0 Å². The minimum absolute atomic E-state index is 0.135. The molecule has 11 heteroatoms. The van der Waals surface area contributed by atoms with Crippen molar-refractivity contribution in [2.75, 3.05) is 6.54 Å². The molecule has 0 aliphatic heterocycles. The molecule has 5 N–H and O–H groups in total. The molecule has 32 heavy (non-hydrogen) atoms. The summed E-state index contributed by atoms with van der Waals surface area (Å²) in [5.74, 6) is 0. The number of rotatable bonds is 6. The fraction of sp³-hybridized carbons (Fsp3) is 0.333. The fourth-order valence-electron chi connectivity index (χ4n) is 3.81. The van der Waals surface area contributed by atoms with E-state index in [0.717, 1.165) is 25.7 Å². The van der Waals surface area contributed by atoms with Crippen molar-refractivity contribution in [1.29, 1.82) is 0 Å². The van der Waals surface area contributed by atoms with Crippen molar-refractivity contribution in [2.45, 2.75) is 42.5 Å². The van der Waals surface area contributed by atoms with Gasteiger partial charge >= 0.3 is 0 Å². The summed E-state index contributed by atoms with van der Waals surface area (Å²) in [6.07, 6.45) is 2.55. The smallest absolute Gasteiger partial charge is 0.290 e. The standard InChI is InChI=1S/C20H22F2N4O2S.CH2O2/c21-18(22)17-11-16-15(7-10-24-19(16)26-17)13-3-5-14(6-4-13)29(27,28)25-12-20(23)8-1-2-9-20;2-1-3/h3-7,10-11,18,25H,1-2,8-9,12,23H2,(H,24,26);1H,(H,2,3). The number of carboxylic acid groups (broad SMARTS) is 1. The Bertz CT molecular complexity index is 1170. The Kier molecular flexibility index (Phi) is 7.22. The number of H-pyrrole nitrogens is 1. The first-order valence-electron chi connectivity index (χ1n) is 9.92. The number of aromatic nitrogens is 2. The summed E-state index contributed by atoms with van der Waals surface area (Å²) in [4.78, 5) is 15.2. The van der Waals surface area contributed by atoms with Gasteiger partial charge in [-0.2, -0.15) is 0 Å². The molecular formula is C21H24F2N4O4S. The van der Waals surface area contributed by atoms with Crippen molar-refractivity contribution < 1.29 is 27.1 Å². The van der Waals surface area contributed by atoms with E-state index in [1.165, 1.54) is 24.4 Å². The molecule has 0 unspecified atom stereocenters. The van der Waals surface area contributed by atoms with E-state index >= 15 is 0 Å². The Balaban J connectivity index is 0.000000913. The highest BCUT2D eigenvalue weighted by atomic mass is 32.2. The number of alkyl halides is 2. The van der Waals surface area contributed by atoms with E-state index in [1.807, 2.05) is 0 Å². The number of nitrogens with zero attached hydrogens (tertiary/aromatic N) is 1. The summed E-state index contributed by atoms with van der Waals surface area (Å²) in [5, 5.41) is 7.45. The zero-order valence-electron chi connectivity index (χ0n) is 17.1. The molecule has 1 saturated carbocycles. The Morgan fingerprint density at radius 3 is 2.44 bits per heavy atom. The van der Waals surface area contributed by atoms with Crippen LogP contribution in [-0.4, -0.2) is 42.0 Å². The lowest BCUT2D eigenvalue weighted by molar-refractivity contribution is -0.122. The zero-order chi connectivity index (χ0) is 23.4. The Morgan fingerprint density at radius 2 is 1.84 bits per heavy atom. The number of fused-ring (bicyclic) bond motifs is 1. The quantitative estimate of drug-likeness (QED) is 0.411. The topological polar surface area (TPSA) is 138 Å². The molecule has 1 aromatic carbocycles. The number of hydrogen-bond donors (Lipinski definition) is 4. The molecule has 2 heterocycles. The van der Waals surface area contributed by atoms with Gasteiger partial charge in [-0.15, -0.1) is 0 Å². The van der Waals surface area contributed by atoms with E-state index in [1.54, 1.807) is 18.2 Å². The largest absolute Gasteiger partial charge is 0.483 e. The van der Waals surface area contributed by atoms with Crippen LogP contribution in [0.15, 0.2) is 47.5 Å². The van der Waals surface area contributed by atoms with Gasteiger partial charge in [-0.3, -0.25) is 4.79 Å².